The molecule has 0 bridgehead atoms. The lowest BCUT2D eigenvalue weighted by molar-refractivity contribution is -0.115. The zero-order valence-corrected chi connectivity index (χ0v) is 20.2. The van der Waals surface area contributed by atoms with Crippen LogP contribution in [0.4, 0.5) is 5.69 Å². The Kier molecular flexibility index (Phi) is 6.82. The first-order chi connectivity index (χ1) is 16.2. The van der Waals surface area contributed by atoms with Crippen LogP contribution >= 0.6 is 11.8 Å². The molecule has 0 aliphatic heterocycles. The molecule has 0 fully saturated rings. The number of carbonyl (C=O) groups is 1. The number of primary sulfonamides is 1. The Morgan fingerprint density at radius 1 is 0.971 bits per heavy atom. The number of aromatic nitrogens is 3. The van der Waals surface area contributed by atoms with Gasteiger partial charge in [-0.3, -0.25) is 9.36 Å². The second-order valence-electron chi connectivity index (χ2n) is 7.66. The fourth-order valence-electron chi connectivity index (χ4n) is 3.23. The molecule has 0 radical (unpaired) electrons. The number of rotatable bonds is 7. The van der Waals surface area contributed by atoms with Gasteiger partial charge in [0.15, 0.2) is 11.0 Å². The van der Waals surface area contributed by atoms with Gasteiger partial charge < -0.3 is 5.32 Å². The lowest BCUT2D eigenvalue weighted by Crippen LogP contribution is -2.23. The lowest BCUT2D eigenvalue weighted by Gasteiger charge is -2.14. The third kappa shape index (κ3) is 5.36. The monoisotopic (exact) mass is 493 g/mol. The average Bonchev–Trinajstić information content (AvgIpc) is 3.23. The number of thioether (sulfide) groups is 1. The largest absolute Gasteiger partial charge is 0.325 e. The third-order valence-electron chi connectivity index (χ3n) is 5.06. The summed E-state index contributed by atoms with van der Waals surface area (Å²) < 4.78 is 24.8. The number of hydrogen-bond donors (Lipinski definition) is 2. The number of amides is 1. The molecule has 3 aromatic carbocycles. The first kappa shape index (κ1) is 23.7. The lowest BCUT2D eigenvalue weighted by atomic mass is 10.2. The van der Waals surface area contributed by atoms with Gasteiger partial charge in [-0.05, 0) is 50.2 Å². The molecule has 8 nitrogen and oxygen atoms in total. The second-order valence-corrected chi connectivity index (χ2v) is 10.5. The van der Waals surface area contributed by atoms with Gasteiger partial charge in [-0.25, -0.2) is 13.6 Å². The smallest absolute Gasteiger partial charge is 0.238 e. The van der Waals surface area contributed by atoms with E-state index in [9.17, 15) is 13.2 Å². The molecule has 1 unspecified atom stereocenters. The van der Waals surface area contributed by atoms with E-state index in [1.807, 2.05) is 66.1 Å². The molecule has 1 amide bonds. The summed E-state index contributed by atoms with van der Waals surface area (Å²) >= 11 is 1.28. The number of sulfonamides is 1. The van der Waals surface area contributed by atoms with Crippen LogP contribution in [0.3, 0.4) is 0 Å². The Bertz CT molecular complexity index is 1400. The number of hydrogen-bond acceptors (Lipinski definition) is 6. The number of anilines is 1. The van der Waals surface area contributed by atoms with Gasteiger partial charge in [-0.15, -0.1) is 10.2 Å². The molecule has 3 N–H and O–H groups in total. The van der Waals surface area contributed by atoms with Crippen molar-refractivity contribution in [3.05, 3.63) is 84.4 Å². The molecular weight excluding hydrogens is 470 g/mol. The van der Waals surface area contributed by atoms with Crippen molar-refractivity contribution < 1.29 is 13.2 Å². The number of aryl methyl sites for hydroxylation is 1. The van der Waals surface area contributed by atoms with E-state index in [1.54, 1.807) is 6.92 Å². The molecule has 0 aliphatic rings. The first-order valence-electron chi connectivity index (χ1n) is 10.4. The van der Waals surface area contributed by atoms with Crippen molar-refractivity contribution in [2.75, 3.05) is 5.32 Å². The van der Waals surface area contributed by atoms with Crippen LogP contribution in [-0.4, -0.2) is 34.3 Å². The Morgan fingerprint density at radius 2 is 1.62 bits per heavy atom. The Labute approximate surface area is 202 Å². The number of nitrogens with one attached hydrogen (secondary N) is 1. The van der Waals surface area contributed by atoms with Crippen LogP contribution in [0.2, 0.25) is 0 Å². The van der Waals surface area contributed by atoms with Gasteiger partial charge in [-0.2, -0.15) is 0 Å². The fourth-order valence-corrected chi connectivity index (χ4v) is 4.61. The molecule has 4 rings (SSSR count). The quantitative estimate of drug-likeness (QED) is 0.375. The highest BCUT2D eigenvalue weighted by atomic mass is 32.2. The molecule has 0 spiro atoms. The Morgan fingerprint density at radius 3 is 2.24 bits per heavy atom. The van der Waals surface area contributed by atoms with Crippen LogP contribution in [0.1, 0.15) is 12.5 Å². The van der Waals surface area contributed by atoms with Crippen molar-refractivity contribution in [1.29, 1.82) is 0 Å². The fraction of sp³-hybridized carbons (Fsp3) is 0.125. The zero-order valence-electron chi connectivity index (χ0n) is 18.5. The maximum absolute atomic E-state index is 12.8. The van der Waals surface area contributed by atoms with Gasteiger partial charge in [0.1, 0.15) is 0 Å². The Balaban J connectivity index is 1.58. The predicted molar refractivity (Wildman–Crippen MR) is 133 cm³/mol. The van der Waals surface area contributed by atoms with E-state index in [-0.39, 0.29) is 10.8 Å². The van der Waals surface area contributed by atoms with Gasteiger partial charge in [-0.1, -0.05) is 59.8 Å². The van der Waals surface area contributed by atoms with E-state index in [2.05, 4.69) is 15.5 Å². The van der Waals surface area contributed by atoms with Crippen LogP contribution in [-0.2, 0) is 14.8 Å². The van der Waals surface area contributed by atoms with Crippen LogP contribution in [0, 0.1) is 6.92 Å². The SMILES string of the molecule is Cc1ccc(-n2c(SC(C)C(=O)Nc3ccc(S(N)(=O)=O)cc3)nnc2-c2ccccc2)cc1. The van der Waals surface area contributed by atoms with Crippen LogP contribution in [0.15, 0.2) is 88.9 Å². The van der Waals surface area contributed by atoms with Crippen LogP contribution < -0.4 is 10.5 Å². The molecule has 0 saturated carbocycles. The van der Waals surface area contributed by atoms with Crippen LogP contribution in [0.5, 0.6) is 0 Å². The standard InChI is InChI=1S/C24H23N5O3S2/c1-16-8-12-20(13-9-16)29-22(18-6-4-3-5-7-18)27-28-24(29)33-17(2)23(30)26-19-10-14-21(15-11-19)34(25,31)32/h3-15,17H,1-2H3,(H,26,30)(H2,25,31,32). The number of benzene rings is 3. The first-order valence-corrected chi connectivity index (χ1v) is 12.8. The minimum absolute atomic E-state index is 0.0208. The minimum Gasteiger partial charge on any atom is -0.325 e. The van der Waals surface area contributed by atoms with Crippen molar-refractivity contribution in [3.63, 3.8) is 0 Å². The van der Waals surface area contributed by atoms with E-state index in [1.165, 1.54) is 36.0 Å². The van der Waals surface area contributed by atoms with Crippen molar-refractivity contribution in [3.8, 4) is 17.1 Å². The van der Waals surface area contributed by atoms with Crippen LogP contribution in [0.25, 0.3) is 17.1 Å². The molecule has 4 aromatic rings. The summed E-state index contributed by atoms with van der Waals surface area (Å²) in [7, 11) is -3.79. The summed E-state index contributed by atoms with van der Waals surface area (Å²) in [6, 6.07) is 23.4. The molecule has 1 atom stereocenters. The van der Waals surface area contributed by atoms with Crippen molar-refractivity contribution >= 4 is 33.4 Å². The molecule has 0 aliphatic carbocycles. The molecule has 0 saturated heterocycles. The van der Waals surface area contributed by atoms with Gasteiger partial charge in [0, 0.05) is 16.9 Å². The summed E-state index contributed by atoms with van der Waals surface area (Å²) in [6.07, 6.45) is 0. The van der Waals surface area contributed by atoms with Gasteiger partial charge >= 0.3 is 0 Å². The van der Waals surface area contributed by atoms with E-state index in [4.69, 9.17) is 5.14 Å². The predicted octanol–water partition coefficient (Wildman–Crippen LogP) is 4.01. The highest BCUT2D eigenvalue weighted by molar-refractivity contribution is 8.00. The second kappa shape index (κ2) is 9.80. The highest BCUT2D eigenvalue weighted by Gasteiger charge is 2.22. The van der Waals surface area contributed by atoms with Gasteiger partial charge in [0.05, 0.1) is 10.1 Å². The number of nitrogens with two attached hydrogens (primary N) is 1. The summed E-state index contributed by atoms with van der Waals surface area (Å²) in [5.41, 5.74) is 3.40. The summed E-state index contributed by atoms with van der Waals surface area (Å²) in [5, 5.41) is 16.8. The zero-order chi connectivity index (χ0) is 24.3. The van der Waals surface area contributed by atoms with E-state index < -0.39 is 15.3 Å². The van der Waals surface area contributed by atoms with Crippen molar-refractivity contribution in [1.82, 2.24) is 14.8 Å². The normalized spacial score (nSPS) is 12.3. The molecule has 174 valence electrons. The Hall–Kier alpha value is -3.47. The summed E-state index contributed by atoms with van der Waals surface area (Å²) in [5.74, 6) is 0.422. The van der Waals surface area contributed by atoms with Gasteiger partial charge in [0.2, 0.25) is 15.9 Å². The molecular formula is C24H23N5O3S2. The maximum Gasteiger partial charge on any atom is 0.238 e. The summed E-state index contributed by atoms with van der Waals surface area (Å²) in [4.78, 5) is 12.8. The highest BCUT2D eigenvalue weighted by Crippen LogP contribution is 2.30. The molecule has 1 heterocycles. The minimum atomic E-state index is -3.79. The van der Waals surface area contributed by atoms with E-state index in [0.717, 1.165) is 16.8 Å². The number of nitrogens with zero attached hydrogens (tertiary/aromatic N) is 3. The maximum atomic E-state index is 12.8. The van der Waals surface area contributed by atoms with E-state index >= 15 is 0 Å². The van der Waals surface area contributed by atoms with Crippen molar-refractivity contribution in [2.24, 2.45) is 5.14 Å². The third-order valence-corrected chi connectivity index (χ3v) is 7.03. The van der Waals surface area contributed by atoms with E-state index in [0.29, 0.717) is 16.7 Å². The average molecular weight is 494 g/mol. The molecule has 1 aromatic heterocycles. The van der Waals surface area contributed by atoms with Gasteiger partial charge in [0.25, 0.3) is 0 Å². The molecule has 34 heavy (non-hydrogen) atoms. The number of carbonyl (C=O) groups excluding carboxylic acids is 1. The molecule has 10 heteroatoms. The summed E-state index contributed by atoms with van der Waals surface area (Å²) in [6.45, 7) is 3.79. The topological polar surface area (TPSA) is 120 Å². The van der Waals surface area contributed by atoms with Crippen molar-refractivity contribution in [2.45, 2.75) is 29.1 Å².